The van der Waals surface area contributed by atoms with Gasteiger partial charge in [0, 0.05) is 15.1 Å². The maximum Gasteiger partial charge on any atom is 0.325 e. The second kappa shape index (κ2) is 8.49. The summed E-state index contributed by atoms with van der Waals surface area (Å²) in [5.74, 6) is -0.941. The highest BCUT2D eigenvalue weighted by molar-refractivity contribution is 7.80. The van der Waals surface area contributed by atoms with Crippen molar-refractivity contribution in [3.63, 3.8) is 0 Å². The quantitative estimate of drug-likeness (QED) is 0.377. The number of methoxy groups -OCH3 is 1. The number of ether oxygens (including phenoxy) is 1. The van der Waals surface area contributed by atoms with Crippen molar-refractivity contribution < 1.29 is 14.3 Å². The second-order valence-electron chi connectivity index (χ2n) is 5.76. The summed E-state index contributed by atoms with van der Waals surface area (Å²) in [5, 5.41) is 1.50. The fourth-order valence-electron chi connectivity index (χ4n) is 2.61. The molecule has 1 fully saturated rings. The average Bonchev–Trinajstić information content (AvgIpc) is 2.88. The van der Waals surface area contributed by atoms with Gasteiger partial charge in [0.05, 0.1) is 12.8 Å². The number of halogens is 3. The van der Waals surface area contributed by atoms with Gasteiger partial charge in [-0.1, -0.05) is 40.9 Å². The average molecular weight is 456 g/mol. The van der Waals surface area contributed by atoms with Gasteiger partial charge in [0.15, 0.2) is 5.11 Å². The highest BCUT2D eigenvalue weighted by Crippen LogP contribution is 2.31. The molecule has 0 unspecified atom stereocenters. The van der Waals surface area contributed by atoms with Crippen LogP contribution < -0.4 is 4.90 Å². The SMILES string of the molecule is COC(=O)CN1C(=S)N(c2ccc(Cl)cc2)C(=O)/C1=C\c1ccc(Cl)cc1Cl. The number of nitrogens with zero attached hydrogens (tertiary/aromatic N) is 2. The molecule has 0 aromatic heterocycles. The van der Waals surface area contributed by atoms with Gasteiger partial charge in [0.2, 0.25) is 0 Å². The molecule has 1 amide bonds. The van der Waals surface area contributed by atoms with Gasteiger partial charge in [-0.25, -0.2) is 0 Å². The zero-order valence-electron chi connectivity index (χ0n) is 14.5. The number of carbonyl (C=O) groups excluding carboxylic acids is 2. The van der Waals surface area contributed by atoms with Crippen molar-refractivity contribution in [2.24, 2.45) is 0 Å². The van der Waals surface area contributed by atoms with Crippen molar-refractivity contribution in [2.75, 3.05) is 18.6 Å². The van der Waals surface area contributed by atoms with Crippen molar-refractivity contribution in [1.29, 1.82) is 0 Å². The van der Waals surface area contributed by atoms with E-state index in [4.69, 9.17) is 51.8 Å². The third kappa shape index (κ3) is 4.15. The number of carbonyl (C=O) groups is 2. The molecular formula is C19H13Cl3N2O3S. The van der Waals surface area contributed by atoms with Crippen LogP contribution in [0.2, 0.25) is 15.1 Å². The topological polar surface area (TPSA) is 49.9 Å². The minimum absolute atomic E-state index is 0.147. The van der Waals surface area contributed by atoms with Gasteiger partial charge in [-0.3, -0.25) is 14.5 Å². The van der Waals surface area contributed by atoms with Crippen LogP contribution in [0.4, 0.5) is 5.69 Å². The summed E-state index contributed by atoms with van der Waals surface area (Å²) < 4.78 is 4.73. The normalized spacial score (nSPS) is 15.5. The van der Waals surface area contributed by atoms with E-state index in [1.807, 2.05) is 0 Å². The number of rotatable bonds is 4. The molecule has 0 N–H and O–H groups in total. The Labute approximate surface area is 182 Å². The Bertz CT molecular complexity index is 992. The molecule has 3 rings (SSSR count). The maximum absolute atomic E-state index is 13.1. The lowest BCUT2D eigenvalue weighted by atomic mass is 10.1. The van der Waals surface area contributed by atoms with Crippen molar-refractivity contribution in [3.8, 4) is 0 Å². The van der Waals surface area contributed by atoms with E-state index in [0.717, 1.165) is 0 Å². The van der Waals surface area contributed by atoms with Gasteiger partial charge in [-0.05, 0) is 60.3 Å². The summed E-state index contributed by atoms with van der Waals surface area (Å²) in [6.07, 6.45) is 1.56. The van der Waals surface area contributed by atoms with Crippen molar-refractivity contribution >= 4 is 75.8 Å². The Kier molecular flexibility index (Phi) is 6.25. The fourth-order valence-corrected chi connectivity index (χ4v) is 3.55. The zero-order valence-corrected chi connectivity index (χ0v) is 17.6. The molecule has 0 bridgehead atoms. The highest BCUT2D eigenvalue weighted by Gasteiger charge is 2.40. The molecule has 2 aromatic carbocycles. The molecule has 0 spiro atoms. The molecule has 0 aliphatic carbocycles. The fraction of sp³-hybridized carbons (Fsp3) is 0.105. The van der Waals surface area contributed by atoms with E-state index in [2.05, 4.69) is 0 Å². The van der Waals surface area contributed by atoms with Crippen LogP contribution in [0.15, 0.2) is 48.2 Å². The van der Waals surface area contributed by atoms with Crippen molar-refractivity contribution in [3.05, 3.63) is 68.8 Å². The largest absolute Gasteiger partial charge is 0.468 e. The third-order valence-electron chi connectivity index (χ3n) is 3.99. The molecule has 0 atom stereocenters. The molecule has 1 saturated heterocycles. The summed E-state index contributed by atoms with van der Waals surface area (Å²) >= 11 is 23.6. The number of anilines is 1. The van der Waals surface area contributed by atoms with Crippen molar-refractivity contribution in [2.45, 2.75) is 0 Å². The Balaban J connectivity index is 2.07. The number of thiocarbonyl (C=S) groups is 1. The lowest BCUT2D eigenvalue weighted by molar-refractivity contribution is -0.140. The maximum atomic E-state index is 13.1. The van der Waals surface area contributed by atoms with E-state index in [0.29, 0.717) is 26.3 Å². The molecule has 0 saturated carbocycles. The summed E-state index contributed by atoms with van der Waals surface area (Å²) in [4.78, 5) is 27.7. The Morgan fingerprint density at radius 3 is 2.36 bits per heavy atom. The Hall–Kier alpha value is -2.12. The molecule has 0 radical (unpaired) electrons. The van der Waals surface area contributed by atoms with Gasteiger partial charge in [-0.2, -0.15) is 0 Å². The van der Waals surface area contributed by atoms with E-state index in [-0.39, 0.29) is 17.4 Å². The molecule has 1 aliphatic rings. The van der Waals surface area contributed by atoms with Crippen LogP contribution in [0.1, 0.15) is 5.56 Å². The summed E-state index contributed by atoms with van der Waals surface area (Å²) in [6, 6.07) is 11.5. The standard InChI is InChI=1S/C19H13Cl3N2O3S/c1-27-17(25)10-23-16(8-11-2-3-13(21)9-15(11)22)18(26)24(19(23)28)14-6-4-12(20)5-7-14/h2-9H,10H2,1H3/b16-8+. The van der Waals surface area contributed by atoms with E-state index < -0.39 is 11.9 Å². The van der Waals surface area contributed by atoms with Crippen LogP contribution in [0.5, 0.6) is 0 Å². The smallest absolute Gasteiger partial charge is 0.325 e. The van der Waals surface area contributed by atoms with E-state index >= 15 is 0 Å². The first-order chi connectivity index (χ1) is 13.3. The molecule has 1 heterocycles. The first-order valence-corrected chi connectivity index (χ1v) is 9.51. The van der Waals surface area contributed by atoms with Gasteiger partial charge in [0.1, 0.15) is 12.2 Å². The van der Waals surface area contributed by atoms with Crippen LogP contribution in [0.3, 0.4) is 0 Å². The van der Waals surface area contributed by atoms with E-state index in [9.17, 15) is 9.59 Å². The molecular weight excluding hydrogens is 443 g/mol. The van der Waals surface area contributed by atoms with Gasteiger partial charge >= 0.3 is 5.97 Å². The lowest BCUT2D eigenvalue weighted by Crippen LogP contribution is -2.35. The highest BCUT2D eigenvalue weighted by atomic mass is 35.5. The van der Waals surface area contributed by atoms with Crippen molar-refractivity contribution in [1.82, 2.24) is 4.90 Å². The molecule has 1 aliphatic heterocycles. The van der Waals surface area contributed by atoms with Crippen LogP contribution in [0.25, 0.3) is 6.08 Å². The van der Waals surface area contributed by atoms with Gasteiger partial charge < -0.3 is 9.64 Å². The first kappa shape index (κ1) is 20.6. The minimum Gasteiger partial charge on any atom is -0.468 e. The molecule has 9 heteroatoms. The van der Waals surface area contributed by atoms with Gasteiger partial charge in [-0.15, -0.1) is 0 Å². The summed E-state index contributed by atoms with van der Waals surface area (Å²) in [6.45, 7) is -0.220. The lowest BCUT2D eigenvalue weighted by Gasteiger charge is -2.19. The second-order valence-corrected chi connectivity index (χ2v) is 7.40. The van der Waals surface area contributed by atoms with E-state index in [1.165, 1.54) is 16.9 Å². The Morgan fingerprint density at radius 2 is 1.75 bits per heavy atom. The summed E-state index contributed by atoms with van der Waals surface area (Å²) in [5.41, 5.74) is 1.28. The number of hydrogen-bond donors (Lipinski definition) is 0. The Morgan fingerprint density at radius 1 is 1.11 bits per heavy atom. The molecule has 28 heavy (non-hydrogen) atoms. The van der Waals surface area contributed by atoms with E-state index in [1.54, 1.807) is 48.5 Å². The molecule has 2 aromatic rings. The van der Waals surface area contributed by atoms with Crippen LogP contribution in [-0.4, -0.2) is 35.5 Å². The summed E-state index contributed by atoms with van der Waals surface area (Å²) in [7, 11) is 1.26. The first-order valence-electron chi connectivity index (χ1n) is 7.97. The predicted molar refractivity (Wildman–Crippen MR) is 115 cm³/mol. The minimum atomic E-state index is -0.541. The van der Waals surface area contributed by atoms with Crippen LogP contribution in [0, 0.1) is 0 Å². The monoisotopic (exact) mass is 454 g/mol. The number of amides is 1. The number of benzene rings is 2. The third-order valence-corrected chi connectivity index (χ3v) is 5.21. The zero-order chi connectivity index (χ0) is 20.4. The molecule has 144 valence electrons. The molecule has 5 nitrogen and oxygen atoms in total. The predicted octanol–water partition coefficient (Wildman–Crippen LogP) is 4.79. The van der Waals surface area contributed by atoms with Crippen LogP contribution in [-0.2, 0) is 14.3 Å². The van der Waals surface area contributed by atoms with Crippen LogP contribution >= 0.6 is 47.0 Å². The number of esters is 1. The number of hydrogen-bond acceptors (Lipinski definition) is 4. The van der Waals surface area contributed by atoms with Gasteiger partial charge in [0.25, 0.3) is 5.91 Å².